The average Bonchev–Trinajstić information content (AvgIpc) is 3.88. The number of fused-ring (bicyclic) bond motifs is 7. The maximum absolute atomic E-state index is 14.9. The Bertz CT molecular complexity index is 3140. The number of phenolic OH excluding ortho intramolecular Hbond substituents is 2. The van der Waals surface area contributed by atoms with Gasteiger partial charge in [0.1, 0.15) is 41.5 Å². The topological polar surface area (TPSA) is 171 Å². The number of rotatable bonds is 17. The van der Waals surface area contributed by atoms with Crippen molar-refractivity contribution in [2.75, 3.05) is 62.8 Å². The highest BCUT2D eigenvalue weighted by molar-refractivity contribution is 7.80. The molecule has 1 fully saturated rings. The number of unbranched alkanes of at least 4 members (excludes halogenated alkanes) is 5. The number of carbonyl (C=O) groups excluding carboxylic acids is 2. The summed E-state index contributed by atoms with van der Waals surface area (Å²) in [5.74, 6) is 6.00. The van der Waals surface area contributed by atoms with Gasteiger partial charge in [-0.05, 0) is 117 Å². The van der Waals surface area contributed by atoms with Gasteiger partial charge in [-0.3, -0.25) is 4.79 Å². The molecule has 9 rings (SSSR count). The number of methoxy groups -OCH3 is 1. The highest BCUT2D eigenvalue weighted by Crippen LogP contribution is 2.57. The zero-order chi connectivity index (χ0) is 52.9. The molecular weight excluding hydrogens is 991 g/mol. The highest BCUT2D eigenvalue weighted by atomic mass is 32.1. The first-order chi connectivity index (χ1) is 36.1. The number of likely N-dealkylation sites (tertiary alicyclic amines) is 1. The SMILES string of the molecule is COc1cc(C(=O)NCCCCCCCCNC(=S)Nc2ccc3c(c2)C(=O)OC32c3ccc(O)cc3Oc3cc(O)ccc32)ccc1NCC#Cc1cc2c(N[C@@H]3CCN(C)C[C@@H]3F)cccc2n1CC(F)(F)F. The minimum absolute atomic E-state index is 0.0224. The largest absolute Gasteiger partial charge is 0.508 e. The number of nitrogens with zero attached hydrogens (tertiary/aromatic N) is 2. The molecule has 0 saturated carbocycles. The number of hydrogen-bond acceptors (Lipinski definition) is 11. The number of thiocarbonyl (C=S) groups is 1. The van der Waals surface area contributed by atoms with Crippen molar-refractivity contribution in [1.82, 2.24) is 20.1 Å². The van der Waals surface area contributed by atoms with Crippen LogP contribution in [0.5, 0.6) is 28.7 Å². The molecule has 4 heterocycles. The molecule has 1 spiro atoms. The van der Waals surface area contributed by atoms with Crippen LogP contribution in [-0.4, -0.2) is 102 Å². The number of benzene rings is 5. The molecule has 1 amide bonds. The Morgan fingerprint density at radius 2 is 1.56 bits per heavy atom. The fourth-order valence-electron chi connectivity index (χ4n) is 9.96. The van der Waals surface area contributed by atoms with E-state index in [9.17, 15) is 37.4 Å². The van der Waals surface area contributed by atoms with E-state index in [0.717, 1.165) is 43.1 Å². The lowest BCUT2D eigenvalue weighted by atomic mass is 9.77. The summed E-state index contributed by atoms with van der Waals surface area (Å²) in [5.41, 5.74) is 3.31. The number of halogens is 4. The van der Waals surface area contributed by atoms with Crippen LogP contribution in [0.3, 0.4) is 0 Å². The number of ether oxygens (including phenoxy) is 3. The number of phenols is 2. The van der Waals surface area contributed by atoms with Crippen molar-refractivity contribution < 1.29 is 51.6 Å². The molecule has 19 heteroatoms. The van der Waals surface area contributed by atoms with E-state index in [2.05, 4.69) is 38.4 Å². The summed E-state index contributed by atoms with van der Waals surface area (Å²) in [6, 6.07) is 25.7. The van der Waals surface area contributed by atoms with Crippen molar-refractivity contribution in [3.8, 4) is 40.6 Å². The second-order valence-electron chi connectivity index (χ2n) is 18.9. The number of amides is 1. The van der Waals surface area contributed by atoms with Crippen LogP contribution in [0.4, 0.5) is 34.6 Å². The third-order valence-electron chi connectivity index (χ3n) is 13.6. The van der Waals surface area contributed by atoms with Crippen LogP contribution in [0.1, 0.15) is 88.0 Å². The number of alkyl halides is 4. The van der Waals surface area contributed by atoms with E-state index in [4.69, 9.17) is 26.4 Å². The fraction of sp³-hybridized carbons (Fsp3) is 0.339. The summed E-state index contributed by atoms with van der Waals surface area (Å²) >= 11 is 5.56. The lowest BCUT2D eigenvalue weighted by Crippen LogP contribution is -2.46. The molecule has 3 aliphatic rings. The molecule has 3 aliphatic heterocycles. The van der Waals surface area contributed by atoms with E-state index < -0.39 is 36.5 Å². The van der Waals surface area contributed by atoms with E-state index in [-0.39, 0.29) is 36.2 Å². The molecule has 7 N–H and O–H groups in total. The zero-order valence-corrected chi connectivity index (χ0v) is 42.2. The van der Waals surface area contributed by atoms with E-state index in [1.54, 1.807) is 66.7 Å². The molecule has 0 unspecified atom stereocenters. The number of piperidine rings is 1. The van der Waals surface area contributed by atoms with Gasteiger partial charge in [0.15, 0.2) is 10.7 Å². The molecule has 5 aromatic carbocycles. The molecule has 0 bridgehead atoms. The van der Waals surface area contributed by atoms with Gasteiger partial charge in [-0.15, -0.1) is 0 Å². The van der Waals surface area contributed by atoms with E-state index in [1.807, 2.05) is 18.0 Å². The zero-order valence-electron chi connectivity index (χ0n) is 41.3. The Hall–Kier alpha value is -7.69. The molecular formula is C56H57F4N7O7S. The number of hydrogen-bond donors (Lipinski definition) is 7. The van der Waals surface area contributed by atoms with Crippen LogP contribution in [0, 0.1) is 11.8 Å². The minimum atomic E-state index is -4.50. The summed E-state index contributed by atoms with van der Waals surface area (Å²) < 4.78 is 75.1. The van der Waals surface area contributed by atoms with Gasteiger partial charge in [0, 0.05) is 77.3 Å². The summed E-state index contributed by atoms with van der Waals surface area (Å²) in [4.78, 5) is 28.4. The van der Waals surface area contributed by atoms with Gasteiger partial charge in [0.2, 0.25) is 0 Å². The quantitative estimate of drug-likeness (QED) is 0.0152. The lowest BCUT2D eigenvalue weighted by molar-refractivity contribution is -0.140. The summed E-state index contributed by atoms with van der Waals surface area (Å²) in [5, 5.41) is 37.1. The third kappa shape index (κ3) is 11.7. The second kappa shape index (κ2) is 22.4. The summed E-state index contributed by atoms with van der Waals surface area (Å²) in [6.45, 7) is 0.973. The standard InChI is InChI=1S/C56H57F4N7O7S/c1-66-26-22-46(44(57)32-66)65-45-12-9-13-48-40(45)29-36(67(48)33-55(58,59)60)11-10-25-61-47-21-14-34(27-51(47)72-2)52(70)62-23-7-5-3-4-6-8-24-63-54(75)64-35-15-18-41-39(28-35)53(71)74-56(41)42-19-16-37(68)30-49(42)73-50-31-38(69)17-20-43(50)56/h9,12-21,27-31,44,46,61,65,68-69H,3-8,22-26,32-33H2,1-2H3,(H,62,70)(H2,63,64,75)/t44-,46+/m0/s1. The Labute approximate surface area is 436 Å². The second-order valence-corrected chi connectivity index (χ2v) is 19.3. The summed E-state index contributed by atoms with van der Waals surface area (Å²) in [6.07, 6.45) is 0.545. The van der Waals surface area contributed by atoms with Crippen molar-refractivity contribution >= 4 is 57.2 Å². The smallest absolute Gasteiger partial charge is 0.406 e. The monoisotopic (exact) mass is 1050 g/mol. The van der Waals surface area contributed by atoms with E-state index in [1.165, 1.54) is 31.4 Å². The molecule has 75 heavy (non-hydrogen) atoms. The molecule has 14 nitrogen and oxygen atoms in total. The van der Waals surface area contributed by atoms with Crippen molar-refractivity contribution in [3.05, 3.63) is 131 Å². The van der Waals surface area contributed by atoms with Crippen LogP contribution in [0.25, 0.3) is 10.9 Å². The number of anilines is 3. The average molecular weight is 1050 g/mol. The molecule has 2 atom stereocenters. The van der Waals surface area contributed by atoms with Gasteiger partial charge < -0.3 is 60.5 Å². The molecule has 1 saturated heterocycles. The number of nitrogens with one attached hydrogen (secondary N) is 5. The van der Waals surface area contributed by atoms with Gasteiger partial charge in [0.05, 0.1) is 42.2 Å². The van der Waals surface area contributed by atoms with Crippen LogP contribution >= 0.6 is 12.2 Å². The maximum atomic E-state index is 14.9. The van der Waals surface area contributed by atoms with Crippen LogP contribution < -0.4 is 36.1 Å². The molecule has 0 radical (unpaired) electrons. The van der Waals surface area contributed by atoms with Gasteiger partial charge in [-0.1, -0.05) is 43.7 Å². The third-order valence-corrected chi connectivity index (χ3v) is 13.9. The van der Waals surface area contributed by atoms with Crippen LogP contribution in [0.2, 0.25) is 0 Å². The van der Waals surface area contributed by atoms with Crippen molar-refractivity contribution in [3.63, 3.8) is 0 Å². The van der Waals surface area contributed by atoms with Crippen molar-refractivity contribution in [2.45, 2.75) is 75.5 Å². The first kappa shape index (κ1) is 52.2. The van der Waals surface area contributed by atoms with E-state index in [0.29, 0.717) is 104 Å². The number of aromatic nitrogens is 1. The highest BCUT2D eigenvalue weighted by Gasteiger charge is 2.53. The van der Waals surface area contributed by atoms with Gasteiger partial charge in [0.25, 0.3) is 5.91 Å². The van der Waals surface area contributed by atoms with Crippen LogP contribution in [0.15, 0.2) is 97.1 Å². The predicted molar refractivity (Wildman–Crippen MR) is 283 cm³/mol. The van der Waals surface area contributed by atoms with Gasteiger partial charge >= 0.3 is 12.1 Å². The van der Waals surface area contributed by atoms with Gasteiger partial charge in [-0.25, -0.2) is 9.18 Å². The maximum Gasteiger partial charge on any atom is 0.406 e. The number of esters is 1. The van der Waals surface area contributed by atoms with E-state index >= 15 is 0 Å². The lowest BCUT2D eigenvalue weighted by Gasteiger charge is -2.36. The van der Waals surface area contributed by atoms with Crippen molar-refractivity contribution in [2.24, 2.45) is 0 Å². The number of aromatic hydroxyl groups is 2. The number of carbonyl (C=O) groups is 2. The van der Waals surface area contributed by atoms with Crippen molar-refractivity contribution in [1.29, 1.82) is 0 Å². The Balaban J connectivity index is 0.691. The normalized spacial score (nSPS) is 16.4. The Morgan fingerprint density at radius 1 is 0.867 bits per heavy atom. The first-order valence-corrected chi connectivity index (χ1v) is 25.3. The fourth-order valence-corrected chi connectivity index (χ4v) is 10.2. The molecule has 392 valence electrons. The first-order valence-electron chi connectivity index (χ1n) is 24.8. The molecule has 0 aliphatic carbocycles. The molecule has 6 aromatic rings. The Morgan fingerprint density at radius 3 is 2.25 bits per heavy atom. The van der Waals surface area contributed by atoms with Gasteiger partial charge in [-0.2, -0.15) is 13.2 Å². The summed E-state index contributed by atoms with van der Waals surface area (Å²) in [7, 11) is 3.33. The predicted octanol–water partition coefficient (Wildman–Crippen LogP) is 10.2. The molecule has 1 aromatic heterocycles. The Kier molecular flexibility index (Phi) is 15.6. The minimum Gasteiger partial charge on any atom is -0.508 e. The van der Waals surface area contributed by atoms with Crippen LogP contribution in [-0.2, 0) is 16.9 Å².